The first kappa shape index (κ1) is 33.6. The minimum atomic E-state index is 0.897. The third-order valence-corrected chi connectivity index (χ3v) is 11.5. The molecule has 0 fully saturated rings. The van der Waals surface area contributed by atoms with Crippen molar-refractivity contribution < 1.29 is 4.42 Å². The lowest BCUT2D eigenvalue weighted by molar-refractivity contribution is 0.673. The number of nitrogens with zero attached hydrogens (tertiary/aromatic N) is 1. The van der Waals surface area contributed by atoms with Gasteiger partial charge in [-0.1, -0.05) is 176 Å². The molecule has 1 heterocycles. The molecule has 11 aromatic rings. The molecule has 0 amide bonds. The van der Waals surface area contributed by atoms with Gasteiger partial charge in [-0.2, -0.15) is 0 Å². The predicted octanol–water partition coefficient (Wildman–Crippen LogP) is 16.0. The van der Waals surface area contributed by atoms with Gasteiger partial charge in [0.25, 0.3) is 0 Å². The minimum Gasteiger partial charge on any atom is -0.455 e. The summed E-state index contributed by atoms with van der Waals surface area (Å²) in [7, 11) is 0. The van der Waals surface area contributed by atoms with E-state index in [2.05, 4.69) is 229 Å². The Labute approximate surface area is 337 Å². The zero-order valence-electron chi connectivity index (χ0n) is 31.7. The largest absolute Gasteiger partial charge is 0.455 e. The van der Waals surface area contributed by atoms with Crippen LogP contribution in [0.3, 0.4) is 0 Å². The molecule has 272 valence electrons. The molecule has 0 N–H and O–H groups in total. The summed E-state index contributed by atoms with van der Waals surface area (Å²) in [5, 5.41) is 7.10. The van der Waals surface area contributed by atoms with Crippen LogP contribution in [0.2, 0.25) is 0 Å². The zero-order chi connectivity index (χ0) is 38.4. The molecule has 10 aromatic carbocycles. The highest BCUT2D eigenvalue weighted by Gasteiger charge is 2.19. The predicted molar refractivity (Wildman–Crippen MR) is 245 cm³/mol. The number of benzene rings is 10. The number of para-hydroxylation sites is 1. The maximum absolute atomic E-state index is 6.54. The Morgan fingerprint density at radius 2 is 0.862 bits per heavy atom. The Morgan fingerprint density at radius 1 is 0.310 bits per heavy atom. The van der Waals surface area contributed by atoms with Crippen molar-refractivity contribution in [2.24, 2.45) is 0 Å². The summed E-state index contributed by atoms with van der Waals surface area (Å²) < 4.78 is 6.54. The third kappa shape index (κ3) is 5.82. The standard InChI is InChI=1S/C56H37NO/c1-2-13-40(14-3-1)49-21-8-9-25-53(49)57(45-32-27-38(28-33-45)43-18-10-19-44(37-43)48-23-11-17-39-15-4-6-20-47(39)48)46-34-29-42(30-35-46)50-24-12-26-54-55(50)52-36-31-41-16-5-7-22-51(41)56(52)58-54/h1-37H. The van der Waals surface area contributed by atoms with Crippen molar-refractivity contribution in [2.75, 3.05) is 4.90 Å². The molecule has 11 rings (SSSR count). The van der Waals surface area contributed by atoms with Gasteiger partial charge < -0.3 is 9.32 Å². The van der Waals surface area contributed by atoms with Gasteiger partial charge in [-0.25, -0.2) is 0 Å². The number of fused-ring (bicyclic) bond motifs is 6. The molecule has 0 saturated heterocycles. The maximum atomic E-state index is 6.54. The van der Waals surface area contributed by atoms with E-state index < -0.39 is 0 Å². The Morgan fingerprint density at radius 3 is 1.67 bits per heavy atom. The highest BCUT2D eigenvalue weighted by molar-refractivity contribution is 6.19. The molecule has 0 saturated carbocycles. The Bertz CT molecular complexity index is 3260. The summed E-state index contributed by atoms with van der Waals surface area (Å²) in [5.41, 5.74) is 14.6. The van der Waals surface area contributed by atoms with Crippen LogP contribution in [0.4, 0.5) is 17.1 Å². The third-order valence-electron chi connectivity index (χ3n) is 11.5. The van der Waals surface area contributed by atoms with Crippen LogP contribution in [0.25, 0.3) is 88.0 Å². The van der Waals surface area contributed by atoms with Gasteiger partial charge in [0.2, 0.25) is 0 Å². The van der Waals surface area contributed by atoms with E-state index in [1.54, 1.807) is 0 Å². The molecule has 1 aromatic heterocycles. The van der Waals surface area contributed by atoms with Crippen molar-refractivity contribution in [1.29, 1.82) is 0 Å². The second-order valence-electron chi connectivity index (χ2n) is 14.9. The molecule has 0 aliphatic heterocycles. The Balaban J connectivity index is 1.01. The minimum absolute atomic E-state index is 0.897. The van der Waals surface area contributed by atoms with E-state index in [0.717, 1.165) is 55.5 Å². The number of rotatable bonds is 7. The van der Waals surface area contributed by atoms with Gasteiger partial charge in [0.05, 0.1) is 5.69 Å². The van der Waals surface area contributed by atoms with Crippen LogP contribution in [0.15, 0.2) is 229 Å². The molecule has 0 radical (unpaired) electrons. The van der Waals surface area contributed by atoms with Crippen LogP contribution in [0, 0.1) is 0 Å². The van der Waals surface area contributed by atoms with E-state index in [0.29, 0.717) is 0 Å². The number of hydrogen-bond donors (Lipinski definition) is 0. The maximum Gasteiger partial charge on any atom is 0.143 e. The van der Waals surface area contributed by atoms with Crippen molar-refractivity contribution in [3.8, 4) is 44.5 Å². The van der Waals surface area contributed by atoms with Crippen LogP contribution < -0.4 is 4.90 Å². The topological polar surface area (TPSA) is 16.4 Å². The van der Waals surface area contributed by atoms with E-state index >= 15 is 0 Å². The highest BCUT2D eigenvalue weighted by atomic mass is 16.3. The second kappa shape index (κ2) is 14.1. The van der Waals surface area contributed by atoms with E-state index in [1.165, 1.54) is 49.5 Å². The van der Waals surface area contributed by atoms with E-state index in [4.69, 9.17) is 4.42 Å². The summed E-state index contributed by atoms with van der Waals surface area (Å²) >= 11 is 0. The lowest BCUT2D eigenvalue weighted by Crippen LogP contribution is -2.11. The van der Waals surface area contributed by atoms with Gasteiger partial charge in [-0.3, -0.25) is 0 Å². The quantitative estimate of drug-likeness (QED) is 0.162. The normalized spacial score (nSPS) is 11.4. The molecule has 0 atom stereocenters. The summed E-state index contributed by atoms with van der Waals surface area (Å²) in [6.45, 7) is 0. The SMILES string of the molecule is c1ccc(-c2ccccc2N(c2ccc(-c3cccc(-c4cccc5ccccc45)c3)cc2)c2ccc(-c3cccc4oc5c6ccccc6ccc5c34)cc2)cc1. The molecule has 0 unspecified atom stereocenters. The smallest absolute Gasteiger partial charge is 0.143 e. The molecule has 2 heteroatoms. The first-order valence-electron chi connectivity index (χ1n) is 19.8. The van der Waals surface area contributed by atoms with Crippen LogP contribution in [-0.2, 0) is 0 Å². The molecular formula is C56H37NO. The number of furan rings is 1. The lowest BCUT2D eigenvalue weighted by atomic mass is 9.95. The summed E-state index contributed by atoms with van der Waals surface area (Å²) in [6.07, 6.45) is 0. The van der Waals surface area contributed by atoms with E-state index in [9.17, 15) is 0 Å². The summed E-state index contributed by atoms with van der Waals surface area (Å²) in [4.78, 5) is 2.38. The van der Waals surface area contributed by atoms with Crippen LogP contribution in [0.5, 0.6) is 0 Å². The Kier molecular flexibility index (Phi) is 8.19. The fraction of sp³-hybridized carbons (Fsp3) is 0. The molecule has 0 spiro atoms. The monoisotopic (exact) mass is 739 g/mol. The fourth-order valence-corrected chi connectivity index (χ4v) is 8.69. The summed E-state index contributed by atoms with van der Waals surface area (Å²) in [5.74, 6) is 0. The fourth-order valence-electron chi connectivity index (χ4n) is 8.69. The lowest BCUT2D eigenvalue weighted by Gasteiger charge is -2.28. The summed E-state index contributed by atoms with van der Waals surface area (Å²) in [6, 6.07) is 80.6. The van der Waals surface area contributed by atoms with Gasteiger partial charge >= 0.3 is 0 Å². The first-order valence-corrected chi connectivity index (χ1v) is 19.8. The molecular weight excluding hydrogens is 703 g/mol. The molecule has 0 aliphatic rings. The van der Waals surface area contributed by atoms with Crippen molar-refractivity contribution in [2.45, 2.75) is 0 Å². The molecule has 58 heavy (non-hydrogen) atoms. The second-order valence-corrected chi connectivity index (χ2v) is 14.9. The average Bonchev–Trinajstić information content (AvgIpc) is 3.70. The number of anilines is 3. The van der Waals surface area contributed by atoms with Gasteiger partial charge in [0.15, 0.2) is 0 Å². The van der Waals surface area contributed by atoms with Crippen molar-refractivity contribution in [1.82, 2.24) is 0 Å². The van der Waals surface area contributed by atoms with Crippen molar-refractivity contribution in [3.63, 3.8) is 0 Å². The van der Waals surface area contributed by atoms with Crippen LogP contribution in [-0.4, -0.2) is 0 Å². The van der Waals surface area contributed by atoms with Crippen molar-refractivity contribution >= 4 is 60.5 Å². The molecule has 0 bridgehead atoms. The van der Waals surface area contributed by atoms with Crippen LogP contribution >= 0.6 is 0 Å². The van der Waals surface area contributed by atoms with Gasteiger partial charge in [0.1, 0.15) is 11.2 Å². The van der Waals surface area contributed by atoms with Gasteiger partial charge in [-0.15, -0.1) is 0 Å². The van der Waals surface area contributed by atoms with Crippen molar-refractivity contribution in [3.05, 3.63) is 224 Å². The molecule has 2 nitrogen and oxygen atoms in total. The van der Waals surface area contributed by atoms with Crippen LogP contribution in [0.1, 0.15) is 0 Å². The highest BCUT2D eigenvalue weighted by Crippen LogP contribution is 2.44. The van der Waals surface area contributed by atoms with E-state index in [1.807, 2.05) is 0 Å². The van der Waals surface area contributed by atoms with E-state index in [-0.39, 0.29) is 0 Å². The first-order chi connectivity index (χ1) is 28.8. The molecule has 0 aliphatic carbocycles. The number of hydrogen-bond acceptors (Lipinski definition) is 2. The van der Waals surface area contributed by atoms with Gasteiger partial charge in [0, 0.05) is 33.1 Å². The Hall–Kier alpha value is -7.68. The van der Waals surface area contributed by atoms with Gasteiger partial charge in [-0.05, 0) is 104 Å². The zero-order valence-corrected chi connectivity index (χ0v) is 31.7. The average molecular weight is 740 g/mol.